The summed E-state index contributed by atoms with van der Waals surface area (Å²) in [5.41, 5.74) is 3.47. The van der Waals surface area contributed by atoms with Gasteiger partial charge in [0.25, 0.3) is 0 Å². The first-order chi connectivity index (χ1) is 17.2. The lowest BCUT2D eigenvalue weighted by molar-refractivity contribution is -0.118. The van der Waals surface area contributed by atoms with E-state index in [0.29, 0.717) is 11.9 Å². The molecule has 0 unspecified atom stereocenters. The smallest absolute Gasteiger partial charge is 0.235 e. The molecule has 1 aliphatic carbocycles. The molecule has 3 aromatic carbocycles. The van der Waals surface area contributed by atoms with E-state index in [9.17, 15) is 4.79 Å². The van der Waals surface area contributed by atoms with Crippen molar-refractivity contribution in [3.63, 3.8) is 0 Å². The minimum atomic E-state index is -0.494. The molecule has 2 heterocycles. The van der Waals surface area contributed by atoms with Crippen LogP contribution in [0.25, 0.3) is 11.1 Å². The van der Waals surface area contributed by atoms with E-state index >= 15 is 0 Å². The second kappa shape index (κ2) is 11.5. The topological polar surface area (TPSA) is 132 Å². The van der Waals surface area contributed by atoms with Gasteiger partial charge < -0.3 is 30.5 Å². The minimum absolute atomic E-state index is 0. The van der Waals surface area contributed by atoms with Crippen LogP contribution in [0.1, 0.15) is 32.7 Å². The predicted molar refractivity (Wildman–Crippen MR) is 146 cm³/mol. The summed E-state index contributed by atoms with van der Waals surface area (Å²) in [5.74, 6) is 1.48. The highest BCUT2D eigenvalue weighted by Crippen LogP contribution is 2.51. The van der Waals surface area contributed by atoms with Crippen molar-refractivity contribution in [2.45, 2.75) is 42.1 Å². The summed E-state index contributed by atoms with van der Waals surface area (Å²) in [4.78, 5) is 14.4. The monoisotopic (exact) mass is 526 g/mol. The first-order valence-electron chi connectivity index (χ1n) is 12.1. The van der Waals surface area contributed by atoms with Crippen molar-refractivity contribution in [1.29, 1.82) is 0 Å². The maximum Gasteiger partial charge on any atom is 0.235 e. The highest BCUT2D eigenvalue weighted by molar-refractivity contribution is 7.97. The zero-order chi connectivity index (χ0) is 23.7. The van der Waals surface area contributed by atoms with Gasteiger partial charge in [0.15, 0.2) is 11.5 Å². The minimum Gasteiger partial charge on any atom is -0.454 e. The Morgan fingerprint density at radius 1 is 0.973 bits per heavy atom. The van der Waals surface area contributed by atoms with Crippen molar-refractivity contribution in [3.8, 4) is 22.6 Å². The van der Waals surface area contributed by atoms with Crippen LogP contribution in [0.15, 0.2) is 71.6 Å². The summed E-state index contributed by atoms with van der Waals surface area (Å²) in [6.07, 6.45) is 4.29. The highest BCUT2D eigenvalue weighted by Gasteiger charge is 2.51. The number of anilines is 1. The first-order valence-corrected chi connectivity index (χ1v) is 12.9. The molecule has 8 nitrogen and oxygen atoms in total. The zero-order valence-electron chi connectivity index (χ0n) is 20.4. The molecule has 3 aromatic rings. The number of nitrogens with one attached hydrogen (secondary N) is 2. The molecule has 0 spiro atoms. The molecule has 6 N–H and O–H groups in total. The van der Waals surface area contributed by atoms with Gasteiger partial charge in [0.2, 0.25) is 12.7 Å². The number of hydrogen-bond donors (Lipinski definition) is 2. The summed E-state index contributed by atoms with van der Waals surface area (Å²) in [6.45, 7) is 1.98. The lowest BCUT2D eigenvalue weighted by Gasteiger charge is -2.17. The number of ether oxygens (including phenoxy) is 3. The van der Waals surface area contributed by atoms with Gasteiger partial charge in [-0.15, -0.1) is 0 Å². The van der Waals surface area contributed by atoms with E-state index in [1.807, 2.05) is 36.4 Å². The molecule has 0 radical (unpaired) electrons. The Labute approximate surface area is 221 Å². The number of carbonyl (C=O) groups is 1. The van der Waals surface area contributed by atoms with Crippen molar-refractivity contribution in [2.24, 2.45) is 0 Å². The van der Waals surface area contributed by atoms with E-state index in [1.54, 1.807) is 11.9 Å². The summed E-state index contributed by atoms with van der Waals surface area (Å²) in [5, 5.41) is 3.15. The Bertz CT molecular complexity index is 1230. The Kier molecular flexibility index (Phi) is 8.41. The zero-order valence-corrected chi connectivity index (χ0v) is 21.2. The molecule has 1 saturated carbocycles. The molecule has 1 amide bonds. The fourth-order valence-electron chi connectivity index (χ4n) is 4.73. The Morgan fingerprint density at radius 2 is 1.78 bits per heavy atom. The molecular formula is C28H34N2O6S. The van der Waals surface area contributed by atoms with Gasteiger partial charge in [-0.05, 0) is 90.7 Å². The van der Waals surface area contributed by atoms with Gasteiger partial charge >= 0.3 is 0 Å². The standard InChI is InChI=1S/C28H28N2O4S.2H2O.H2/c31-27(28(12-13-28)21-8-11-25-26(16-21)34-18-33-25)30-22-4-1-3-20(15-22)19-6-9-24(10-7-19)35-29-17-23-5-2-14-32-23;;;/h1,3-4,6-11,15-16,23,29H,2,5,12-14,17-18H2,(H,30,31);2*1H2;1H/t23-;;;/m0.../s1. The summed E-state index contributed by atoms with van der Waals surface area (Å²) >= 11 is 1.63. The van der Waals surface area contributed by atoms with Crippen molar-refractivity contribution < 1.29 is 31.4 Å². The molecular weight excluding hydrogens is 492 g/mol. The normalized spacial score (nSPS) is 18.4. The number of hydrogen-bond acceptors (Lipinski definition) is 6. The molecule has 0 aromatic heterocycles. The third kappa shape index (κ3) is 5.76. The fraction of sp³-hybridized carbons (Fsp3) is 0.321. The van der Waals surface area contributed by atoms with Crippen LogP contribution in [0.4, 0.5) is 5.69 Å². The van der Waals surface area contributed by atoms with Crippen LogP contribution in [0.2, 0.25) is 0 Å². The quantitative estimate of drug-likeness (QED) is 0.424. The van der Waals surface area contributed by atoms with Crippen LogP contribution < -0.4 is 19.5 Å². The fourth-order valence-corrected chi connectivity index (χ4v) is 5.44. The predicted octanol–water partition coefficient (Wildman–Crippen LogP) is 4.12. The van der Waals surface area contributed by atoms with E-state index in [4.69, 9.17) is 14.2 Å². The number of benzene rings is 3. The van der Waals surface area contributed by atoms with Gasteiger partial charge in [0.05, 0.1) is 11.5 Å². The Hall–Kier alpha value is -3.08. The largest absolute Gasteiger partial charge is 0.454 e. The van der Waals surface area contributed by atoms with Gasteiger partial charge in [0, 0.05) is 25.2 Å². The second-order valence-electron chi connectivity index (χ2n) is 9.30. The van der Waals surface area contributed by atoms with Crippen LogP contribution in [0.5, 0.6) is 11.5 Å². The molecule has 3 aliphatic rings. The number of amides is 1. The first kappa shape index (κ1) is 27.0. The molecule has 1 saturated heterocycles. The van der Waals surface area contributed by atoms with E-state index in [2.05, 4.69) is 40.4 Å². The van der Waals surface area contributed by atoms with E-state index in [-0.39, 0.29) is 25.1 Å². The third-order valence-corrected chi connectivity index (χ3v) is 7.76. The summed E-state index contributed by atoms with van der Waals surface area (Å²) < 4.78 is 20.0. The Balaban J connectivity index is 0.00000133. The van der Waals surface area contributed by atoms with E-state index in [0.717, 1.165) is 71.9 Å². The molecule has 1 atom stereocenters. The highest BCUT2D eigenvalue weighted by atomic mass is 32.2. The lowest BCUT2D eigenvalue weighted by Crippen LogP contribution is -2.27. The van der Waals surface area contributed by atoms with Crippen LogP contribution in [0, 0.1) is 0 Å². The lowest BCUT2D eigenvalue weighted by atomic mass is 9.94. The van der Waals surface area contributed by atoms with Gasteiger partial charge in [0.1, 0.15) is 0 Å². The van der Waals surface area contributed by atoms with Crippen molar-refractivity contribution >= 4 is 23.5 Å². The van der Waals surface area contributed by atoms with Crippen LogP contribution in [-0.4, -0.2) is 42.9 Å². The molecule has 2 fully saturated rings. The summed E-state index contributed by atoms with van der Waals surface area (Å²) in [7, 11) is 0. The van der Waals surface area contributed by atoms with Crippen LogP contribution in [-0.2, 0) is 14.9 Å². The van der Waals surface area contributed by atoms with Gasteiger partial charge in [-0.25, -0.2) is 0 Å². The van der Waals surface area contributed by atoms with E-state index in [1.165, 1.54) is 0 Å². The van der Waals surface area contributed by atoms with Gasteiger partial charge in [-0.1, -0.05) is 30.3 Å². The maximum atomic E-state index is 13.3. The van der Waals surface area contributed by atoms with E-state index < -0.39 is 5.41 Å². The van der Waals surface area contributed by atoms with Gasteiger partial charge in [-0.3, -0.25) is 9.52 Å². The molecule has 6 rings (SSSR count). The van der Waals surface area contributed by atoms with Crippen molar-refractivity contribution in [3.05, 3.63) is 72.3 Å². The molecule has 198 valence electrons. The molecule has 9 heteroatoms. The molecule has 0 bridgehead atoms. The number of rotatable bonds is 8. The third-order valence-electron chi connectivity index (χ3n) is 6.94. The van der Waals surface area contributed by atoms with Crippen molar-refractivity contribution in [1.82, 2.24) is 4.72 Å². The van der Waals surface area contributed by atoms with Crippen LogP contribution >= 0.6 is 11.9 Å². The maximum absolute atomic E-state index is 13.3. The van der Waals surface area contributed by atoms with Crippen LogP contribution in [0.3, 0.4) is 0 Å². The van der Waals surface area contributed by atoms with Gasteiger partial charge in [-0.2, -0.15) is 0 Å². The SMILES string of the molecule is O.O.O=C(Nc1cccc(-c2ccc(SNC[C@@H]3CCCO3)cc2)c1)C1(c2ccc3c(c2)OCO3)CC1.[HH]. The summed E-state index contributed by atoms with van der Waals surface area (Å²) in [6, 6.07) is 22.3. The number of carbonyl (C=O) groups excluding carboxylic acids is 1. The average Bonchev–Trinajstić information content (AvgIpc) is 3.29. The van der Waals surface area contributed by atoms with Crippen molar-refractivity contribution in [2.75, 3.05) is 25.3 Å². The number of fused-ring (bicyclic) bond motifs is 1. The second-order valence-corrected chi connectivity index (χ2v) is 10.3. The Morgan fingerprint density at radius 3 is 2.54 bits per heavy atom. The average molecular weight is 527 g/mol. The molecule has 37 heavy (non-hydrogen) atoms. The molecule has 2 aliphatic heterocycles.